The first-order valence-corrected chi connectivity index (χ1v) is 12.1. The molecule has 188 valence electrons. The van der Waals surface area contributed by atoms with Crippen LogP contribution in [-0.2, 0) is 16.1 Å². The number of alkyl halides is 1. The minimum atomic E-state index is -1.33. The Morgan fingerprint density at radius 1 is 1.14 bits per heavy atom. The van der Waals surface area contributed by atoms with Crippen molar-refractivity contribution in [1.29, 1.82) is 0 Å². The summed E-state index contributed by atoms with van der Waals surface area (Å²) >= 11 is 0. The molecular formula is C28H37FN4O2. The Labute approximate surface area is 207 Å². The maximum atomic E-state index is 14.6. The molecule has 7 heteroatoms. The predicted molar refractivity (Wildman–Crippen MR) is 138 cm³/mol. The molecule has 0 saturated carbocycles. The fourth-order valence-electron chi connectivity index (χ4n) is 4.26. The smallest absolute Gasteiger partial charge is 0.249 e. The number of carbonyl (C=O) groups excluding carboxylic acids is 1. The Bertz CT molecular complexity index is 1080. The van der Waals surface area contributed by atoms with Crippen molar-refractivity contribution in [2.45, 2.75) is 46.0 Å². The van der Waals surface area contributed by atoms with Crippen LogP contribution in [0.25, 0.3) is 11.3 Å². The number of benzene rings is 2. The van der Waals surface area contributed by atoms with E-state index >= 15 is 0 Å². The van der Waals surface area contributed by atoms with Crippen molar-refractivity contribution in [3.63, 3.8) is 0 Å². The van der Waals surface area contributed by atoms with Crippen molar-refractivity contribution < 1.29 is 13.9 Å². The maximum Gasteiger partial charge on any atom is 0.249 e. The first-order chi connectivity index (χ1) is 16.8. The zero-order valence-corrected chi connectivity index (χ0v) is 21.2. The van der Waals surface area contributed by atoms with E-state index in [0.717, 1.165) is 22.6 Å². The monoisotopic (exact) mass is 480 g/mol. The molecule has 3 aromatic rings. The zero-order valence-electron chi connectivity index (χ0n) is 21.2. The largest absolute Gasteiger partial charge is 0.375 e. The third-order valence-electron chi connectivity index (χ3n) is 6.09. The van der Waals surface area contributed by atoms with Crippen LogP contribution in [0.5, 0.6) is 0 Å². The summed E-state index contributed by atoms with van der Waals surface area (Å²) < 4.78 is 21.8. The Balaban J connectivity index is 2.14. The number of hydrogen-bond donors (Lipinski definition) is 1. The van der Waals surface area contributed by atoms with Gasteiger partial charge in [-0.3, -0.25) is 4.79 Å². The van der Waals surface area contributed by atoms with E-state index < -0.39 is 12.2 Å². The molecule has 0 fully saturated rings. The van der Waals surface area contributed by atoms with Crippen LogP contribution in [0.4, 0.5) is 4.39 Å². The molecule has 0 saturated heterocycles. The molecular weight excluding hydrogens is 443 g/mol. The van der Waals surface area contributed by atoms with Gasteiger partial charge in [-0.25, -0.2) is 9.37 Å². The molecule has 1 heterocycles. The number of hydrogen-bond acceptors (Lipinski definition) is 4. The van der Waals surface area contributed by atoms with E-state index in [2.05, 4.69) is 37.5 Å². The van der Waals surface area contributed by atoms with Crippen molar-refractivity contribution in [2.75, 3.05) is 26.8 Å². The van der Waals surface area contributed by atoms with E-state index in [1.54, 1.807) is 4.90 Å². The average Bonchev–Trinajstić information content (AvgIpc) is 3.26. The molecule has 1 amide bonds. The number of nitrogens with zero attached hydrogens (tertiary/aromatic N) is 3. The summed E-state index contributed by atoms with van der Waals surface area (Å²) in [5.41, 5.74) is 9.74. The Morgan fingerprint density at radius 2 is 1.83 bits per heavy atom. The summed E-state index contributed by atoms with van der Waals surface area (Å²) in [6, 6.07) is 17.7. The van der Waals surface area contributed by atoms with Crippen molar-refractivity contribution in [2.24, 2.45) is 11.7 Å². The number of amides is 1. The Morgan fingerprint density at radius 3 is 2.46 bits per heavy atom. The maximum absolute atomic E-state index is 14.6. The summed E-state index contributed by atoms with van der Waals surface area (Å²) in [5, 5.41) is 0. The lowest BCUT2D eigenvalue weighted by Gasteiger charge is -2.33. The van der Waals surface area contributed by atoms with Crippen molar-refractivity contribution in [1.82, 2.24) is 14.5 Å². The molecule has 35 heavy (non-hydrogen) atoms. The quantitative estimate of drug-likeness (QED) is 0.405. The van der Waals surface area contributed by atoms with E-state index in [0.29, 0.717) is 13.0 Å². The number of ether oxygens (including phenoxy) is 1. The topological polar surface area (TPSA) is 73.4 Å². The number of aromatic nitrogens is 2. The molecule has 0 aliphatic rings. The van der Waals surface area contributed by atoms with Crippen molar-refractivity contribution in [3.8, 4) is 11.3 Å². The van der Waals surface area contributed by atoms with E-state index in [9.17, 15) is 9.18 Å². The second-order valence-electron chi connectivity index (χ2n) is 9.36. The highest BCUT2D eigenvalue weighted by atomic mass is 19.1. The summed E-state index contributed by atoms with van der Waals surface area (Å²) in [6.07, 6.45) is 1.32. The third kappa shape index (κ3) is 6.99. The highest BCUT2D eigenvalue weighted by molar-refractivity contribution is 5.78. The summed E-state index contributed by atoms with van der Waals surface area (Å²) in [4.78, 5) is 19.7. The number of rotatable bonds is 12. The van der Waals surface area contributed by atoms with Gasteiger partial charge in [-0.2, -0.15) is 0 Å². The summed E-state index contributed by atoms with van der Waals surface area (Å²) in [6.45, 7) is 6.48. The first-order valence-electron chi connectivity index (χ1n) is 12.1. The molecule has 2 atom stereocenters. The van der Waals surface area contributed by atoms with Crippen LogP contribution in [-0.4, -0.2) is 53.3 Å². The number of imidazole rings is 1. The number of halogens is 1. The lowest BCUT2D eigenvalue weighted by Crippen LogP contribution is -2.44. The van der Waals surface area contributed by atoms with Gasteiger partial charge in [0.15, 0.2) is 0 Å². The van der Waals surface area contributed by atoms with E-state index in [1.165, 1.54) is 12.7 Å². The van der Waals surface area contributed by atoms with Gasteiger partial charge in [0.05, 0.1) is 18.3 Å². The zero-order chi connectivity index (χ0) is 25.4. The van der Waals surface area contributed by atoms with Gasteiger partial charge in [-0.05, 0) is 30.4 Å². The van der Waals surface area contributed by atoms with Gasteiger partial charge < -0.3 is 19.9 Å². The standard InChI is InChI=1S/C28H37FN4O2/c1-20(2)14-26(33(17-24(29)15-30)27(34)19-35-4)28-31-25(22-11-6-5-7-12-22)18-32(28)16-23-13-9-8-10-21(23)3/h5-13,18,20,24,26H,14-17,19,30H2,1-4H3/t24-,26+/m0/s1. The fraction of sp³-hybridized carbons (Fsp3) is 0.429. The highest BCUT2D eigenvalue weighted by Crippen LogP contribution is 2.31. The number of carbonyl (C=O) groups is 1. The Kier molecular flexibility index (Phi) is 9.57. The lowest BCUT2D eigenvalue weighted by molar-refractivity contribution is -0.139. The van der Waals surface area contributed by atoms with Gasteiger partial charge in [0, 0.05) is 32.0 Å². The minimum Gasteiger partial charge on any atom is -0.375 e. The SMILES string of the molecule is COCC(=O)N(C[C@@H](F)CN)[C@H](CC(C)C)c1nc(-c2ccccc2)cn1Cc1ccccc1C. The summed E-state index contributed by atoms with van der Waals surface area (Å²) in [7, 11) is 1.47. The molecule has 0 aliphatic carbocycles. The van der Waals surface area contributed by atoms with E-state index in [-0.39, 0.29) is 31.5 Å². The first kappa shape index (κ1) is 26.6. The number of nitrogens with two attached hydrogens (primary N) is 1. The van der Waals surface area contributed by atoms with Crippen LogP contribution in [0.3, 0.4) is 0 Å². The molecule has 2 N–H and O–H groups in total. The number of aryl methyl sites for hydroxylation is 1. The molecule has 0 bridgehead atoms. The molecule has 0 spiro atoms. The van der Waals surface area contributed by atoms with Gasteiger partial charge in [-0.15, -0.1) is 0 Å². The molecule has 6 nitrogen and oxygen atoms in total. The van der Waals surface area contributed by atoms with Gasteiger partial charge in [0.2, 0.25) is 5.91 Å². The normalized spacial score (nSPS) is 13.1. The van der Waals surface area contributed by atoms with Gasteiger partial charge in [0.1, 0.15) is 18.6 Å². The van der Waals surface area contributed by atoms with Crippen LogP contribution in [0.15, 0.2) is 60.8 Å². The van der Waals surface area contributed by atoms with Crippen LogP contribution in [0.1, 0.15) is 43.3 Å². The fourth-order valence-corrected chi connectivity index (χ4v) is 4.26. The molecule has 2 aromatic carbocycles. The van der Waals surface area contributed by atoms with Crippen LogP contribution < -0.4 is 5.73 Å². The molecule has 0 unspecified atom stereocenters. The molecule has 0 aliphatic heterocycles. The predicted octanol–water partition coefficient (Wildman–Crippen LogP) is 4.77. The van der Waals surface area contributed by atoms with Gasteiger partial charge in [0.25, 0.3) is 0 Å². The van der Waals surface area contributed by atoms with E-state index in [4.69, 9.17) is 15.5 Å². The Hall–Kier alpha value is -3.03. The third-order valence-corrected chi connectivity index (χ3v) is 6.09. The van der Waals surface area contributed by atoms with Crippen molar-refractivity contribution >= 4 is 5.91 Å². The second kappa shape index (κ2) is 12.6. The van der Waals surface area contributed by atoms with Crippen LogP contribution in [0, 0.1) is 12.8 Å². The van der Waals surface area contributed by atoms with E-state index in [1.807, 2.05) is 48.7 Å². The van der Waals surface area contributed by atoms with Gasteiger partial charge in [-0.1, -0.05) is 68.4 Å². The van der Waals surface area contributed by atoms with Crippen molar-refractivity contribution in [3.05, 3.63) is 77.7 Å². The second-order valence-corrected chi connectivity index (χ2v) is 9.36. The minimum absolute atomic E-state index is 0.103. The molecule has 3 rings (SSSR count). The van der Waals surface area contributed by atoms with Gasteiger partial charge >= 0.3 is 0 Å². The van der Waals surface area contributed by atoms with Crippen LogP contribution in [0.2, 0.25) is 0 Å². The average molecular weight is 481 g/mol. The molecule has 1 aromatic heterocycles. The van der Waals surface area contributed by atoms with Crippen LogP contribution >= 0.6 is 0 Å². The molecule has 0 radical (unpaired) electrons. The lowest BCUT2D eigenvalue weighted by atomic mass is 10.0. The highest BCUT2D eigenvalue weighted by Gasteiger charge is 2.32. The summed E-state index contributed by atoms with van der Waals surface area (Å²) in [5.74, 6) is 0.702. The number of methoxy groups -OCH3 is 1.